The molecule has 0 saturated heterocycles. The van der Waals surface area contributed by atoms with E-state index in [9.17, 15) is 4.79 Å². The van der Waals surface area contributed by atoms with Crippen molar-refractivity contribution in [3.05, 3.63) is 16.5 Å². The van der Waals surface area contributed by atoms with E-state index >= 15 is 0 Å². The zero-order valence-electron chi connectivity index (χ0n) is 7.46. The molecule has 0 N–H and O–H groups in total. The Morgan fingerprint density at radius 3 is 2.85 bits per heavy atom. The molecule has 72 valence electrons. The van der Waals surface area contributed by atoms with Crippen LogP contribution in [0, 0.1) is 6.92 Å². The fraction of sp³-hybridized carbons (Fsp3) is 0.500. The quantitative estimate of drug-likeness (QED) is 0.703. The number of carbonyl (C=O) groups is 1. The van der Waals surface area contributed by atoms with E-state index in [2.05, 4.69) is 9.68 Å². The second-order valence-corrected chi connectivity index (χ2v) is 2.85. The van der Waals surface area contributed by atoms with Gasteiger partial charge in [-0.3, -0.25) is 4.79 Å². The molecule has 0 unspecified atom stereocenters. The number of aromatic nitrogens is 1. The van der Waals surface area contributed by atoms with E-state index in [0.29, 0.717) is 17.9 Å². The monoisotopic (exact) mass is 203 g/mol. The number of hydrogen-bond donors (Lipinski definition) is 0. The Labute approximate surface area is 80.8 Å². The summed E-state index contributed by atoms with van der Waals surface area (Å²) in [7, 11) is 0. The fourth-order valence-electron chi connectivity index (χ4n) is 0.915. The second-order valence-electron chi connectivity index (χ2n) is 2.50. The number of nitrogens with zero attached hydrogens (tertiary/aromatic N) is 1. The standard InChI is InChI=1S/C8H10ClNO3/c1-3-12-7(11)4-6-5(2)10-13-8(6)9/h3-4H2,1-2H3. The van der Waals surface area contributed by atoms with Gasteiger partial charge in [0, 0.05) is 5.56 Å². The molecule has 5 heteroatoms. The van der Waals surface area contributed by atoms with Crippen LogP contribution in [-0.4, -0.2) is 17.7 Å². The number of carbonyl (C=O) groups excluding carboxylic acids is 1. The van der Waals surface area contributed by atoms with Crippen LogP contribution in [0.5, 0.6) is 0 Å². The first kappa shape index (κ1) is 10.1. The van der Waals surface area contributed by atoms with Crippen molar-refractivity contribution < 1.29 is 14.1 Å². The Bertz CT molecular complexity index is 289. The Morgan fingerprint density at radius 2 is 2.38 bits per heavy atom. The molecule has 0 fully saturated rings. The maximum atomic E-state index is 11.1. The molecule has 4 nitrogen and oxygen atoms in total. The highest BCUT2D eigenvalue weighted by Crippen LogP contribution is 2.19. The van der Waals surface area contributed by atoms with Crippen molar-refractivity contribution in [1.82, 2.24) is 5.16 Å². The van der Waals surface area contributed by atoms with Gasteiger partial charge >= 0.3 is 5.97 Å². The van der Waals surface area contributed by atoms with Gasteiger partial charge in [0.2, 0.25) is 5.22 Å². The maximum Gasteiger partial charge on any atom is 0.310 e. The zero-order valence-corrected chi connectivity index (χ0v) is 8.22. The molecule has 1 rings (SSSR count). The van der Waals surface area contributed by atoms with Crippen LogP contribution in [0.4, 0.5) is 0 Å². The number of hydrogen-bond acceptors (Lipinski definition) is 4. The third-order valence-electron chi connectivity index (χ3n) is 1.56. The van der Waals surface area contributed by atoms with Crippen molar-refractivity contribution in [3.63, 3.8) is 0 Å². The Hall–Kier alpha value is -1.03. The first-order valence-electron chi connectivity index (χ1n) is 3.91. The number of rotatable bonds is 3. The number of aryl methyl sites for hydroxylation is 1. The van der Waals surface area contributed by atoms with Crippen molar-refractivity contribution >= 4 is 17.6 Å². The van der Waals surface area contributed by atoms with Crippen molar-refractivity contribution in [3.8, 4) is 0 Å². The molecule has 0 spiro atoms. The summed E-state index contributed by atoms with van der Waals surface area (Å²) in [5.41, 5.74) is 1.22. The minimum absolute atomic E-state index is 0.113. The van der Waals surface area contributed by atoms with Crippen LogP contribution in [0.3, 0.4) is 0 Å². The van der Waals surface area contributed by atoms with Crippen molar-refractivity contribution in [2.75, 3.05) is 6.61 Å². The lowest BCUT2D eigenvalue weighted by Gasteiger charge is -1.99. The van der Waals surface area contributed by atoms with Gasteiger partial charge in [0.25, 0.3) is 0 Å². The van der Waals surface area contributed by atoms with Gasteiger partial charge in [-0.2, -0.15) is 0 Å². The van der Waals surface area contributed by atoms with Gasteiger partial charge in [-0.05, 0) is 25.4 Å². The van der Waals surface area contributed by atoms with Crippen LogP contribution >= 0.6 is 11.6 Å². The van der Waals surface area contributed by atoms with Gasteiger partial charge in [0.15, 0.2) is 0 Å². The topological polar surface area (TPSA) is 52.3 Å². The van der Waals surface area contributed by atoms with Gasteiger partial charge in [0.05, 0.1) is 18.7 Å². The normalized spacial score (nSPS) is 10.1. The van der Waals surface area contributed by atoms with Crippen LogP contribution in [0.25, 0.3) is 0 Å². The van der Waals surface area contributed by atoms with E-state index in [-0.39, 0.29) is 17.6 Å². The molecule has 0 radical (unpaired) electrons. The number of ether oxygens (including phenoxy) is 1. The summed E-state index contributed by atoms with van der Waals surface area (Å²) in [6.45, 7) is 3.84. The molecule has 1 aromatic heterocycles. The predicted molar refractivity (Wildman–Crippen MR) is 46.6 cm³/mol. The van der Waals surface area contributed by atoms with E-state index in [4.69, 9.17) is 16.3 Å². The molecule has 1 heterocycles. The first-order valence-corrected chi connectivity index (χ1v) is 4.29. The van der Waals surface area contributed by atoms with E-state index in [1.54, 1.807) is 13.8 Å². The van der Waals surface area contributed by atoms with Gasteiger partial charge in [-0.1, -0.05) is 5.16 Å². The third-order valence-corrected chi connectivity index (χ3v) is 1.86. The highest BCUT2D eigenvalue weighted by molar-refractivity contribution is 6.29. The molecule has 0 saturated carbocycles. The molecule has 0 amide bonds. The molecule has 1 aromatic rings. The number of halogens is 1. The van der Waals surface area contributed by atoms with Gasteiger partial charge in [-0.25, -0.2) is 0 Å². The van der Waals surface area contributed by atoms with Crippen LogP contribution in [-0.2, 0) is 16.0 Å². The largest absolute Gasteiger partial charge is 0.466 e. The SMILES string of the molecule is CCOC(=O)Cc1c(C)noc1Cl. The van der Waals surface area contributed by atoms with E-state index in [1.165, 1.54) is 0 Å². The van der Waals surface area contributed by atoms with Gasteiger partial charge < -0.3 is 9.26 Å². The fourth-order valence-corrected chi connectivity index (χ4v) is 1.15. The van der Waals surface area contributed by atoms with E-state index in [0.717, 1.165) is 0 Å². The molecule has 13 heavy (non-hydrogen) atoms. The van der Waals surface area contributed by atoms with Crippen LogP contribution < -0.4 is 0 Å². The van der Waals surface area contributed by atoms with Crippen molar-refractivity contribution in [1.29, 1.82) is 0 Å². The molecule has 0 aliphatic heterocycles. The summed E-state index contributed by atoms with van der Waals surface area (Å²) < 4.78 is 9.44. The molecule has 0 aromatic carbocycles. The lowest BCUT2D eigenvalue weighted by molar-refractivity contribution is -0.142. The summed E-state index contributed by atoms with van der Waals surface area (Å²) >= 11 is 5.65. The average molecular weight is 204 g/mol. The van der Waals surface area contributed by atoms with Crippen molar-refractivity contribution in [2.45, 2.75) is 20.3 Å². The summed E-state index contributed by atoms with van der Waals surface area (Å²) in [5.74, 6) is -0.323. The number of esters is 1. The Balaban J connectivity index is 2.68. The lowest BCUT2D eigenvalue weighted by Crippen LogP contribution is -2.07. The Morgan fingerprint density at radius 1 is 1.69 bits per heavy atom. The second kappa shape index (κ2) is 4.28. The average Bonchev–Trinajstić information content (AvgIpc) is 2.36. The summed E-state index contributed by atoms with van der Waals surface area (Å²) in [4.78, 5) is 11.1. The molecule has 0 aliphatic carbocycles. The van der Waals surface area contributed by atoms with E-state index in [1.807, 2.05) is 0 Å². The summed E-state index contributed by atoms with van der Waals surface area (Å²) in [6, 6.07) is 0. The maximum absolute atomic E-state index is 11.1. The zero-order chi connectivity index (χ0) is 9.84. The third kappa shape index (κ3) is 2.45. The minimum Gasteiger partial charge on any atom is -0.466 e. The molecule has 0 aliphatic rings. The predicted octanol–water partition coefficient (Wildman–Crippen LogP) is 1.74. The van der Waals surface area contributed by atoms with Crippen LogP contribution in [0.2, 0.25) is 5.22 Å². The Kier molecular flexibility index (Phi) is 3.31. The highest BCUT2D eigenvalue weighted by Gasteiger charge is 2.15. The first-order chi connectivity index (χ1) is 6.15. The summed E-state index contributed by atoms with van der Waals surface area (Å²) in [6.07, 6.45) is 0.113. The van der Waals surface area contributed by atoms with E-state index < -0.39 is 0 Å². The smallest absolute Gasteiger partial charge is 0.310 e. The molecule has 0 atom stereocenters. The van der Waals surface area contributed by atoms with Crippen LogP contribution in [0.15, 0.2) is 4.52 Å². The van der Waals surface area contributed by atoms with Crippen molar-refractivity contribution in [2.24, 2.45) is 0 Å². The minimum atomic E-state index is -0.323. The van der Waals surface area contributed by atoms with Gasteiger partial charge in [-0.15, -0.1) is 0 Å². The summed E-state index contributed by atoms with van der Waals surface area (Å²) in [5, 5.41) is 3.77. The van der Waals surface area contributed by atoms with Crippen LogP contribution in [0.1, 0.15) is 18.2 Å². The molecular formula is C8H10ClNO3. The highest BCUT2D eigenvalue weighted by atomic mass is 35.5. The molecular weight excluding hydrogens is 194 g/mol. The molecule has 0 bridgehead atoms. The van der Waals surface area contributed by atoms with Gasteiger partial charge in [0.1, 0.15) is 0 Å². The lowest BCUT2D eigenvalue weighted by atomic mass is 10.2.